The summed E-state index contributed by atoms with van der Waals surface area (Å²) in [5, 5.41) is 0. The molecule has 0 bridgehead atoms. The number of para-hydroxylation sites is 1. The number of sulfonamides is 1. The molecule has 0 saturated carbocycles. The van der Waals surface area contributed by atoms with Crippen LogP contribution in [0.25, 0.3) is 11.3 Å². The quantitative estimate of drug-likeness (QED) is 0.704. The van der Waals surface area contributed by atoms with E-state index < -0.39 is 10.0 Å². The predicted molar refractivity (Wildman–Crippen MR) is 104 cm³/mol. The Bertz CT molecular complexity index is 1070. The standard InChI is InChI=1S/C20H21N3O3S/c1-2-26-18-9-3-4-10-19(18)27(24,25)22-16-8-5-7-15(13-16)17-14-21-20-11-6-12-23(17)20/h3-5,7-10,13-14,22H,2,6,11-12H2,1H3. The number of imidazole rings is 1. The van der Waals surface area contributed by atoms with Gasteiger partial charge in [0, 0.05) is 24.2 Å². The molecule has 0 amide bonds. The third-order valence-electron chi connectivity index (χ3n) is 4.57. The van der Waals surface area contributed by atoms with Gasteiger partial charge in [-0.3, -0.25) is 4.72 Å². The second kappa shape index (κ2) is 7.08. The molecule has 0 aliphatic carbocycles. The highest BCUT2D eigenvalue weighted by molar-refractivity contribution is 7.92. The second-order valence-corrected chi connectivity index (χ2v) is 8.03. The number of benzene rings is 2. The van der Waals surface area contributed by atoms with E-state index in [0.717, 1.165) is 36.5 Å². The lowest BCUT2D eigenvalue weighted by atomic mass is 10.1. The van der Waals surface area contributed by atoms with Crippen LogP contribution in [-0.2, 0) is 23.0 Å². The SMILES string of the molecule is CCOc1ccccc1S(=O)(=O)Nc1cccc(-c2cnc3n2CCC3)c1. The maximum atomic E-state index is 12.9. The van der Waals surface area contributed by atoms with E-state index in [2.05, 4.69) is 14.3 Å². The molecule has 0 spiro atoms. The summed E-state index contributed by atoms with van der Waals surface area (Å²) in [5.74, 6) is 1.43. The summed E-state index contributed by atoms with van der Waals surface area (Å²) < 4.78 is 36.1. The molecule has 2 aromatic carbocycles. The van der Waals surface area contributed by atoms with Crippen LogP contribution in [0.1, 0.15) is 19.2 Å². The topological polar surface area (TPSA) is 73.2 Å². The van der Waals surface area contributed by atoms with Gasteiger partial charge in [0.25, 0.3) is 10.0 Å². The van der Waals surface area contributed by atoms with E-state index in [1.165, 1.54) is 0 Å². The van der Waals surface area contributed by atoms with Gasteiger partial charge in [-0.25, -0.2) is 13.4 Å². The molecule has 140 valence electrons. The Balaban J connectivity index is 1.65. The predicted octanol–water partition coefficient (Wildman–Crippen LogP) is 3.70. The Labute approximate surface area is 158 Å². The number of aryl methyl sites for hydroxylation is 1. The average Bonchev–Trinajstić information content (AvgIpc) is 3.26. The molecule has 1 N–H and O–H groups in total. The molecule has 3 aromatic rings. The summed E-state index contributed by atoms with van der Waals surface area (Å²) in [6, 6.07) is 14.0. The number of ether oxygens (including phenoxy) is 1. The molecule has 1 aromatic heterocycles. The molecule has 4 rings (SSSR count). The summed E-state index contributed by atoms with van der Waals surface area (Å²) in [6.45, 7) is 3.17. The lowest BCUT2D eigenvalue weighted by Gasteiger charge is -2.13. The zero-order valence-electron chi connectivity index (χ0n) is 15.1. The number of aromatic nitrogens is 2. The van der Waals surface area contributed by atoms with Crippen LogP contribution in [0.4, 0.5) is 5.69 Å². The van der Waals surface area contributed by atoms with E-state index >= 15 is 0 Å². The molecule has 0 fully saturated rings. The number of nitrogens with one attached hydrogen (secondary N) is 1. The van der Waals surface area contributed by atoms with Crippen molar-refractivity contribution in [1.82, 2.24) is 9.55 Å². The smallest absolute Gasteiger partial charge is 0.265 e. The van der Waals surface area contributed by atoms with Crippen molar-refractivity contribution < 1.29 is 13.2 Å². The lowest BCUT2D eigenvalue weighted by Crippen LogP contribution is -2.14. The van der Waals surface area contributed by atoms with Crippen LogP contribution in [0, 0.1) is 0 Å². The third-order valence-corrected chi connectivity index (χ3v) is 5.99. The van der Waals surface area contributed by atoms with E-state index in [1.807, 2.05) is 31.3 Å². The fraction of sp³-hybridized carbons (Fsp3) is 0.250. The van der Waals surface area contributed by atoms with Crippen molar-refractivity contribution >= 4 is 15.7 Å². The third kappa shape index (κ3) is 3.42. The first-order chi connectivity index (χ1) is 13.1. The molecule has 7 heteroatoms. The molecule has 0 unspecified atom stereocenters. The highest BCUT2D eigenvalue weighted by Crippen LogP contribution is 2.29. The number of fused-ring (bicyclic) bond motifs is 1. The Kier molecular flexibility index (Phi) is 4.61. The first-order valence-electron chi connectivity index (χ1n) is 8.98. The second-order valence-electron chi connectivity index (χ2n) is 6.38. The molecular weight excluding hydrogens is 362 g/mol. The number of hydrogen-bond acceptors (Lipinski definition) is 4. The van der Waals surface area contributed by atoms with Gasteiger partial charge in [0.15, 0.2) is 0 Å². The van der Waals surface area contributed by atoms with Gasteiger partial charge in [0.2, 0.25) is 0 Å². The Morgan fingerprint density at radius 1 is 1.19 bits per heavy atom. The van der Waals surface area contributed by atoms with Crippen molar-refractivity contribution in [2.75, 3.05) is 11.3 Å². The average molecular weight is 383 g/mol. The van der Waals surface area contributed by atoms with Crippen LogP contribution in [0.3, 0.4) is 0 Å². The van der Waals surface area contributed by atoms with Gasteiger partial charge in [-0.2, -0.15) is 0 Å². The highest BCUT2D eigenvalue weighted by atomic mass is 32.2. The van der Waals surface area contributed by atoms with Gasteiger partial charge in [-0.15, -0.1) is 0 Å². The Morgan fingerprint density at radius 3 is 2.89 bits per heavy atom. The van der Waals surface area contributed by atoms with Crippen molar-refractivity contribution in [1.29, 1.82) is 0 Å². The number of rotatable bonds is 6. The van der Waals surface area contributed by atoms with Crippen molar-refractivity contribution in [2.45, 2.75) is 31.2 Å². The maximum Gasteiger partial charge on any atom is 0.265 e. The highest BCUT2D eigenvalue weighted by Gasteiger charge is 2.20. The Morgan fingerprint density at radius 2 is 2.04 bits per heavy atom. The zero-order chi connectivity index (χ0) is 18.9. The minimum absolute atomic E-state index is 0.127. The summed E-state index contributed by atoms with van der Waals surface area (Å²) in [5.41, 5.74) is 2.46. The molecule has 0 atom stereocenters. The minimum atomic E-state index is -3.76. The van der Waals surface area contributed by atoms with E-state index in [9.17, 15) is 8.42 Å². The minimum Gasteiger partial charge on any atom is -0.492 e. The van der Waals surface area contributed by atoms with Gasteiger partial charge in [0.05, 0.1) is 18.5 Å². The van der Waals surface area contributed by atoms with Crippen molar-refractivity contribution in [3.63, 3.8) is 0 Å². The summed E-state index contributed by atoms with van der Waals surface area (Å²) >= 11 is 0. The summed E-state index contributed by atoms with van der Waals surface area (Å²) in [7, 11) is -3.76. The van der Waals surface area contributed by atoms with Gasteiger partial charge < -0.3 is 9.30 Å². The molecule has 2 heterocycles. The van der Waals surface area contributed by atoms with Crippen molar-refractivity contribution in [3.8, 4) is 17.0 Å². The molecule has 6 nitrogen and oxygen atoms in total. The van der Waals surface area contributed by atoms with Gasteiger partial charge in [0.1, 0.15) is 16.5 Å². The largest absolute Gasteiger partial charge is 0.492 e. The fourth-order valence-electron chi connectivity index (χ4n) is 3.39. The van der Waals surface area contributed by atoms with Crippen LogP contribution in [0.2, 0.25) is 0 Å². The number of hydrogen-bond donors (Lipinski definition) is 1. The van der Waals surface area contributed by atoms with E-state index in [0.29, 0.717) is 18.0 Å². The van der Waals surface area contributed by atoms with Crippen LogP contribution in [0.5, 0.6) is 5.75 Å². The van der Waals surface area contributed by atoms with Crippen LogP contribution in [-0.4, -0.2) is 24.6 Å². The first-order valence-corrected chi connectivity index (χ1v) is 10.5. The first kappa shape index (κ1) is 17.6. The van der Waals surface area contributed by atoms with E-state index in [-0.39, 0.29) is 4.90 Å². The molecule has 0 saturated heterocycles. The van der Waals surface area contributed by atoms with Crippen LogP contribution in [0.15, 0.2) is 59.6 Å². The van der Waals surface area contributed by atoms with Gasteiger partial charge >= 0.3 is 0 Å². The zero-order valence-corrected chi connectivity index (χ0v) is 15.9. The lowest BCUT2D eigenvalue weighted by molar-refractivity contribution is 0.331. The fourth-order valence-corrected chi connectivity index (χ4v) is 4.58. The Hall–Kier alpha value is -2.80. The molecule has 27 heavy (non-hydrogen) atoms. The number of nitrogens with zero attached hydrogens (tertiary/aromatic N) is 2. The summed E-state index contributed by atoms with van der Waals surface area (Å²) in [6.07, 6.45) is 3.93. The monoisotopic (exact) mass is 383 g/mol. The molecule has 1 aliphatic heterocycles. The maximum absolute atomic E-state index is 12.9. The molecule has 0 radical (unpaired) electrons. The van der Waals surface area contributed by atoms with Crippen LogP contribution >= 0.6 is 0 Å². The van der Waals surface area contributed by atoms with Crippen LogP contribution < -0.4 is 9.46 Å². The van der Waals surface area contributed by atoms with Crippen molar-refractivity contribution in [3.05, 3.63) is 60.6 Å². The molecule has 1 aliphatic rings. The van der Waals surface area contributed by atoms with E-state index in [1.54, 1.807) is 30.3 Å². The van der Waals surface area contributed by atoms with Crippen molar-refractivity contribution in [2.24, 2.45) is 0 Å². The molecular formula is C20H21N3O3S. The normalized spacial score (nSPS) is 13.4. The van der Waals surface area contributed by atoms with Gasteiger partial charge in [-0.1, -0.05) is 24.3 Å². The van der Waals surface area contributed by atoms with Gasteiger partial charge in [-0.05, 0) is 37.6 Å². The number of anilines is 1. The summed E-state index contributed by atoms with van der Waals surface area (Å²) in [4.78, 5) is 4.59. The van der Waals surface area contributed by atoms with E-state index in [4.69, 9.17) is 4.74 Å².